The third-order valence-corrected chi connectivity index (χ3v) is 4.11. The molecule has 0 aliphatic rings. The molecule has 3 rings (SSSR count). The van der Waals surface area contributed by atoms with Crippen molar-refractivity contribution in [1.29, 1.82) is 0 Å². The van der Waals surface area contributed by atoms with Crippen LogP contribution in [0.2, 0.25) is 0 Å². The molecule has 0 radical (unpaired) electrons. The summed E-state index contributed by atoms with van der Waals surface area (Å²) in [7, 11) is 0. The van der Waals surface area contributed by atoms with Gasteiger partial charge in [-0.15, -0.1) is 0 Å². The molecule has 0 aliphatic carbocycles. The van der Waals surface area contributed by atoms with Crippen molar-refractivity contribution in [2.24, 2.45) is 0 Å². The van der Waals surface area contributed by atoms with Gasteiger partial charge in [0.15, 0.2) is 5.78 Å². The number of rotatable bonds is 4. The molecule has 1 heterocycles. The van der Waals surface area contributed by atoms with E-state index in [1.807, 2.05) is 35.0 Å². The lowest BCUT2D eigenvalue weighted by molar-refractivity contribution is -0.118. The van der Waals surface area contributed by atoms with Crippen LogP contribution in [0, 0.1) is 5.82 Å². The normalized spacial score (nSPS) is 11.0. The van der Waals surface area contributed by atoms with E-state index in [1.165, 1.54) is 12.1 Å². The van der Waals surface area contributed by atoms with E-state index >= 15 is 0 Å². The van der Waals surface area contributed by atoms with Crippen LogP contribution in [0.4, 0.5) is 4.39 Å². The number of fused-ring (bicyclic) bond motifs is 1. The van der Waals surface area contributed by atoms with Crippen LogP contribution < -0.4 is 0 Å². The number of aromatic nitrogens is 1. The van der Waals surface area contributed by atoms with Crippen LogP contribution in [-0.2, 0) is 17.8 Å². The van der Waals surface area contributed by atoms with Gasteiger partial charge >= 0.3 is 0 Å². The van der Waals surface area contributed by atoms with Gasteiger partial charge in [0.2, 0.25) is 0 Å². The van der Waals surface area contributed by atoms with Gasteiger partial charge in [0.05, 0.1) is 6.54 Å². The number of nitrogens with zero attached hydrogens (tertiary/aromatic N) is 1. The first-order valence-corrected chi connectivity index (χ1v) is 7.42. The van der Waals surface area contributed by atoms with E-state index in [0.29, 0.717) is 13.0 Å². The maximum Gasteiger partial charge on any atom is 0.156 e. The number of hydrogen-bond acceptors (Lipinski definition) is 1. The molecule has 0 atom stereocenters. The number of ketones is 1. The third-order valence-electron chi connectivity index (χ3n) is 3.42. The Kier molecular flexibility index (Phi) is 3.88. The van der Waals surface area contributed by atoms with Crippen molar-refractivity contribution in [3.63, 3.8) is 0 Å². The number of Topliss-reactive ketones (excluding diaryl/α,β-unsaturated/α-hetero) is 1. The monoisotopic (exact) mass is 345 g/mol. The average molecular weight is 346 g/mol. The van der Waals surface area contributed by atoms with Crippen LogP contribution in [0.25, 0.3) is 10.9 Å². The lowest BCUT2D eigenvalue weighted by Crippen LogP contribution is -2.11. The van der Waals surface area contributed by atoms with E-state index in [9.17, 15) is 9.18 Å². The van der Waals surface area contributed by atoms with E-state index in [0.717, 1.165) is 20.9 Å². The van der Waals surface area contributed by atoms with Crippen molar-refractivity contribution in [2.45, 2.75) is 13.0 Å². The van der Waals surface area contributed by atoms with Gasteiger partial charge in [-0.25, -0.2) is 4.39 Å². The van der Waals surface area contributed by atoms with Gasteiger partial charge in [-0.1, -0.05) is 34.1 Å². The molecule has 0 unspecified atom stereocenters. The van der Waals surface area contributed by atoms with E-state index in [2.05, 4.69) is 15.9 Å². The fourth-order valence-electron chi connectivity index (χ4n) is 2.40. The number of halogens is 2. The third kappa shape index (κ3) is 3.05. The lowest BCUT2D eigenvalue weighted by atomic mass is 10.1. The van der Waals surface area contributed by atoms with Gasteiger partial charge in [-0.05, 0) is 35.9 Å². The summed E-state index contributed by atoms with van der Waals surface area (Å²) in [5.41, 5.74) is 1.86. The number of hydrogen-bond donors (Lipinski definition) is 0. The molecule has 0 amide bonds. The molecule has 106 valence electrons. The Balaban J connectivity index is 1.77. The molecule has 0 saturated carbocycles. The lowest BCUT2D eigenvalue weighted by Gasteiger charge is -2.05. The summed E-state index contributed by atoms with van der Waals surface area (Å²) in [6.45, 7) is 0.317. The Bertz CT molecular complexity index is 792. The van der Waals surface area contributed by atoms with Gasteiger partial charge in [-0.2, -0.15) is 0 Å². The molecular formula is C17H13BrFNO. The highest BCUT2D eigenvalue weighted by Gasteiger charge is 2.09. The molecule has 0 spiro atoms. The zero-order chi connectivity index (χ0) is 14.8. The second kappa shape index (κ2) is 5.82. The first-order chi connectivity index (χ1) is 10.1. The van der Waals surface area contributed by atoms with Gasteiger partial charge in [0, 0.05) is 28.0 Å². The molecule has 1 aromatic heterocycles. The van der Waals surface area contributed by atoms with Crippen molar-refractivity contribution in [1.82, 2.24) is 4.57 Å². The van der Waals surface area contributed by atoms with Gasteiger partial charge in [0.25, 0.3) is 0 Å². The van der Waals surface area contributed by atoms with Gasteiger partial charge < -0.3 is 4.57 Å². The van der Waals surface area contributed by atoms with Crippen molar-refractivity contribution in [3.05, 3.63) is 70.6 Å². The Hall–Kier alpha value is -1.94. The maximum atomic E-state index is 12.8. The predicted octanol–water partition coefficient (Wildman–Crippen LogP) is 4.35. The molecule has 21 heavy (non-hydrogen) atoms. The van der Waals surface area contributed by atoms with Crippen molar-refractivity contribution in [2.75, 3.05) is 0 Å². The summed E-state index contributed by atoms with van der Waals surface area (Å²) in [6, 6.07) is 14.0. The van der Waals surface area contributed by atoms with Crippen LogP contribution in [0.1, 0.15) is 5.56 Å². The van der Waals surface area contributed by atoms with Crippen molar-refractivity contribution >= 4 is 32.6 Å². The highest BCUT2D eigenvalue weighted by atomic mass is 79.9. The Morgan fingerprint density at radius 3 is 2.62 bits per heavy atom. The summed E-state index contributed by atoms with van der Waals surface area (Å²) in [6.07, 6.45) is 2.23. The van der Waals surface area contributed by atoms with Crippen LogP contribution >= 0.6 is 15.9 Å². The van der Waals surface area contributed by atoms with E-state index in [-0.39, 0.29) is 11.6 Å². The van der Waals surface area contributed by atoms with Gasteiger partial charge in [0.1, 0.15) is 5.82 Å². The second-order valence-electron chi connectivity index (χ2n) is 4.96. The average Bonchev–Trinajstić information content (AvgIpc) is 2.86. The maximum absolute atomic E-state index is 12.8. The minimum atomic E-state index is -0.285. The molecule has 4 heteroatoms. The number of benzene rings is 2. The summed E-state index contributed by atoms with van der Waals surface area (Å²) >= 11 is 3.50. The first kappa shape index (κ1) is 14.0. The van der Waals surface area contributed by atoms with Gasteiger partial charge in [-0.3, -0.25) is 4.79 Å². The standard InChI is InChI=1S/C17H13BrFNO/c18-16-2-1-3-17-15(16)8-9-20(17)11-14(21)10-12-4-6-13(19)7-5-12/h1-9H,10-11H2. The SMILES string of the molecule is O=C(Cc1ccc(F)cc1)Cn1ccc2c(Br)cccc21. The molecule has 0 bridgehead atoms. The van der Waals surface area contributed by atoms with Crippen LogP contribution in [-0.4, -0.2) is 10.4 Å². The van der Waals surface area contributed by atoms with E-state index < -0.39 is 0 Å². The smallest absolute Gasteiger partial charge is 0.156 e. The summed E-state index contributed by atoms with van der Waals surface area (Å²) in [5, 5.41) is 1.09. The fourth-order valence-corrected chi connectivity index (χ4v) is 2.89. The molecule has 0 saturated heterocycles. The zero-order valence-electron chi connectivity index (χ0n) is 11.2. The summed E-state index contributed by atoms with van der Waals surface area (Å²) < 4.78 is 15.8. The summed E-state index contributed by atoms with van der Waals surface area (Å²) in [5.74, 6) is -0.188. The predicted molar refractivity (Wildman–Crippen MR) is 84.7 cm³/mol. The number of carbonyl (C=O) groups excluding carboxylic acids is 1. The second-order valence-corrected chi connectivity index (χ2v) is 5.81. The topological polar surface area (TPSA) is 22.0 Å². The minimum Gasteiger partial charge on any atom is -0.340 e. The molecule has 0 aliphatic heterocycles. The first-order valence-electron chi connectivity index (χ1n) is 6.63. The Morgan fingerprint density at radius 2 is 1.86 bits per heavy atom. The molecule has 2 aromatic carbocycles. The summed E-state index contributed by atoms with van der Waals surface area (Å²) in [4.78, 5) is 12.2. The molecule has 2 nitrogen and oxygen atoms in total. The van der Waals surface area contributed by atoms with E-state index in [1.54, 1.807) is 12.1 Å². The Morgan fingerprint density at radius 1 is 1.10 bits per heavy atom. The largest absolute Gasteiger partial charge is 0.340 e. The van der Waals surface area contributed by atoms with Crippen molar-refractivity contribution in [3.8, 4) is 0 Å². The molecule has 0 N–H and O–H groups in total. The molecular weight excluding hydrogens is 333 g/mol. The van der Waals surface area contributed by atoms with Crippen molar-refractivity contribution < 1.29 is 9.18 Å². The Labute approximate surface area is 130 Å². The molecule has 0 fully saturated rings. The van der Waals surface area contributed by atoms with Crippen LogP contribution in [0.5, 0.6) is 0 Å². The van der Waals surface area contributed by atoms with Crippen LogP contribution in [0.3, 0.4) is 0 Å². The van der Waals surface area contributed by atoms with Crippen LogP contribution in [0.15, 0.2) is 59.2 Å². The highest BCUT2D eigenvalue weighted by molar-refractivity contribution is 9.10. The number of carbonyl (C=O) groups is 1. The quantitative estimate of drug-likeness (QED) is 0.688. The zero-order valence-corrected chi connectivity index (χ0v) is 12.8. The highest BCUT2D eigenvalue weighted by Crippen LogP contribution is 2.24. The van der Waals surface area contributed by atoms with E-state index in [4.69, 9.17) is 0 Å². The minimum absolute atomic E-state index is 0.0964. The molecule has 3 aromatic rings. The fraction of sp³-hybridized carbons (Fsp3) is 0.118.